The largest absolute Gasteiger partial charge is 0.397 e. The minimum atomic E-state index is -0.714. The first kappa shape index (κ1) is 27.4. The number of carbonyl (C=O) groups excluding carboxylic acids is 1. The number of morpholine rings is 1. The molecule has 0 aliphatic carbocycles. The number of hydrogen-bond donors (Lipinski definition) is 2. The van der Waals surface area contributed by atoms with E-state index in [0.29, 0.717) is 43.4 Å². The van der Waals surface area contributed by atoms with Crippen molar-refractivity contribution >= 4 is 28.8 Å². The number of carbonyl (C=O) groups is 1. The maximum atomic E-state index is 14.4. The highest BCUT2D eigenvalue weighted by Gasteiger charge is 2.28. The van der Waals surface area contributed by atoms with Crippen molar-refractivity contribution in [2.45, 2.75) is 19.6 Å². The molecule has 1 unspecified atom stereocenters. The van der Waals surface area contributed by atoms with Crippen LogP contribution in [-0.4, -0.2) is 80.5 Å². The smallest absolute Gasteiger partial charge is 0.329 e. The number of benzene rings is 3. The summed E-state index contributed by atoms with van der Waals surface area (Å²) >= 11 is 0. The molecule has 202 valence electrons. The number of nitrogens with zero attached hydrogens (tertiary/aromatic N) is 4. The molecule has 1 heterocycles. The highest BCUT2D eigenvalue weighted by atomic mass is 16.5. The molecular formula is C30H39N5O3. The van der Waals surface area contributed by atoms with Crippen molar-refractivity contribution in [3.05, 3.63) is 83.9 Å². The molecule has 1 fully saturated rings. The van der Waals surface area contributed by atoms with Crippen LogP contribution in [0, 0.1) is 6.92 Å². The number of rotatable bonds is 9. The van der Waals surface area contributed by atoms with Crippen LogP contribution in [0.4, 0.5) is 27.5 Å². The lowest BCUT2D eigenvalue weighted by molar-refractivity contribution is 0.00929. The molecule has 3 aromatic rings. The monoisotopic (exact) mass is 517 g/mol. The maximum absolute atomic E-state index is 14.4. The Morgan fingerprint density at radius 3 is 2.24 bits per heavy atom. The van der Waals surface area contributed by atoms with Gasteiger partial charge in [0.15, 0.2) is 0 Å². The van der Waals surface area contributed by atoms with E-state index < -0.39 is 6.10 Å². The molecule has 0 bridgehead atoms. The van der Waals surface area contributed by atoms with Crippen molar-refractivity contribution in [3.8, 4) is 0 Å². The van der Waals surface area contributed by atoms with E-state index in [-0.39, 0.29) is 12.6 Å². The highest BCUT2D eigenvalue weighted by Crippen LogP contribution is 2.33. The normalized spacial score (nSPS) is 14.6. The first-order valence-electron chi connectivity index (χ1n) is 13.1. The summed E-state index contributed by atoms with van der Waals surface area (Å²) in [5, 5.41) is 11.1. The summed E-state index contributed by atoms with van der Waals surface area (Å²) < 4.78 is 5.44. The molecule has 0 spiro atoms. The Labute approximate surface area is 225 Å². The predicted molar refractivity (Wildman–Crippen MR) is 154 cm³/mol. The van der Waals surface area contributed by atoms with Gasteiger partial charge in [-0.3, -0.25) is 9.80 Å². The Bertz CT molecular complexity index is 1180. The molecule has 8 heteroatoms. The number of β-amino-alcohol motifs (C(OH)–C–C–N with tert-alkyl or cyclic N) is 1. The SMILES string of the molecule is Cc1ccc(CN(CC(O)CN2CCOCC2)C(=O)N(c2ccc(N(C)C)cc2)c2ccccc2N)cc1. The molecule has 1 aliphatic heterocycles. The third kappa shape index (κ3) is 7.04. The van der Waals surface area contributed by atoms with Gasteiger partial charge in [0.25, 0.3) is 0 Å². The molecule has 4 rings (SSSR count). The van der Waals surface area contributed by atoms with Gasteiger partial charge in [-0.2, -0.15) is 0 Å². The van der Waals surface area contributed by atoms with E-state index in [0.717, 1.165) is 29.9 Å². The van der Waals surface area contributed by atoms with Crippen LogP contribution in [0.5, 0.6) is 0 Å². The molecule has 38 heavy (non-hydrogen) atoms. The summed E-state index contributed by atoms with van der Waals surface area (Å²) in [4.78, 5) is 21.9. The van der Waals surface area contributed by atoms with Gasteiger partial charge < -0.3 is 25.4 Å². The van der Waals surface area contributed by atoms with E-state index >= 15 is 0 Å². The number of para-hydroxylation sites is 2. The fourth-order valence-electron chi connectivity index (χ4n) is 4.60. The van der Waals surface area contributed by atoms with Crippen LogP contribution in [0.3, 0.4) is 0 Å². The topological polar surface area (TPSA) is 85.5 Å². The summed E-state index contributed by atoms with van der Waals surface area (Å²) in [7, 11) is 3.96. The van der Waals surface area contributed by atoms with Crippen molar-refractivity contribution in [1.82, 2.24) is 9.80 Å². The summed E-state index contributed by atoms with van der Waals surface area (Å²) in [5.74, 6) is 0. The number of ether oxygens (including phenoxy) is 1. The molecule has 8 nitrogen and oxygen atoms in total. The van der Waals surface area contributed by atoms with E-state index in [1.165, 1.54) is 0 Å². The van der Waals surface area contributed by atoms with Gasteiger partial charge in [-0.1, -0.05) is 42.0 Å². The Hall–Kier alpha value is -3.59. The lowest BCUT2D eigenvalue weighted by Crippen LogP contribution is -2.48. The number of aliphatic hydroxyl groups excluding tert-OH is 1. The minimum Gasteiger partial charge on any atom is -0.397 e. The number of hydrogen-bond acceptors (Lipinski definition) is 6. The number of nitrogen functional groups attached to an aromatic ring is 1. The van der Waals surface area contributed by atoms with Gasteiger partial charge in [-0.25, -0.2) is 4.79 Å². The quantitative estimate of drug-likeness (QED) is 0.416. The van der Waals surface area contributed by atoms with Crippen molar-refractivity contribution in [2.75, 3.05) is 69.0 Å². The van der Waals surface area contributed by atoms with E-state index in [4.69, 9.17) is 10.5 Å². The molecule has 0 aromatic heterocycles. The zero-order valence-corrected chi connectivity index (χ0v) is 22.6. The van der Waals surface area contributed by atoms with Gasteiger partial charge in [0, 0.05) is 52.5 Å². The van der Waals surface area contributed by atoms with Crippen molar-refractivity contribution in [2.24, 2.45) is 0 Å². The summed E-state index contributed by atoms with van der Waals surface area (Å²) in [6.45, 7) is 5.91. The fourth-order valence-corrected chi connectivity index (χ4v) is 4.60. The standard InChI is InChI=1S/C30H39N5O3/c1-23-8-10-24(11-9-23)20-34(22-27(36)21-33-16-18-38-19-17-33)30(37)35(29-7-5-4-6-28(29)31)26-14-12-25(13-15-26)32(2)3/h4-15,27,36H,16-22,31H2,1-3H3. The average molecular weight is 518 g/mol. The van der Waals surface area contributed by atoms with Crippen LogP contribution in [0.2, 0.25) is 0 Å². The summed E-state index contributed by atoms with van der Waals surface area (Å²) in [5.41, 5.74) is 11.4. The van der Waals surface area contributed by atoms with Crippen LogP contribution in [0.1, 0.15) is 11.1 Å². The number of anilines is 4. The van der Waals surface area contributed by atoms with Gasteiger partial charge in [-0.15, -0.1) is 0 Å². The van der Waals surface area contributed by atoms with Gasteiger partial charge in [0.2, 0.25) is 0 Å². The zero-order chi connectivity index (χ0) is 27.1. The Balaban J connectivity index is 1.67. The average Bonchev–Trinajstić information content (AvgIpc) is 2.91. The van der Waals surface area contributed by atoms with Gasteiger partial charge >= 0.3 is 6.03 Å². The lowest BCUT2D eigenvalue weighted by atomic mass is 10.1. The van der Waals surface area contributed by atoms with Gasteiger partial charge in [0.05, 0.1) is 36.4 Å². The minimum absolute atomic E-state index is 0.184. The van der Waals surface area contributed by atoms with Crippen LogP contribution in [-0.2, 0) is 11.3 Å². The summed E-state index contributed by atoms with van der Waals surface area (Å²) in [6.07, 6.45) is -0.714. The van der Waals surface area contributed by atoms with Crippen LogP contribution >= 0.6 is 0 Å². The summed E-state index contributed by atoms with van der Waals surface area (Å²) in [6, 6.07) is 23.0. The van der Waals surface area contributed by atoms with E-state index in [1.54, 1.807) is 15.9 Å². The fraction of sp³-hybridized carbons (Fsp3) is 0.367. The van der Waals surface area contributed by atoms with Crippen molar-refractivity contribution < 1.29 is 14.6 Å². The molecular weight excluding hydrogens is 478 g/mol. The second-order valence-electron chi connectivity index (χ2n) is 10.0. The van der Waals surface area contributed by atoms with Crippen LogP contribution in [0.25, 0.3) is 0 Å². The maximum Gasteiger partial charge on any atom is 0.329 e. The number of aryl methyl sites for hydroxylation is 1. The third-order valence-corrected chi connectivity index (χ3v) is 6.76. The molecule has 0 radical (unpaired) electrons. The molecule has 1 aliphatic rings. The molecule has 1 atom stereocenters. The van der Waals surface area contributed by atoms with E-state index in [9.17, 15) is 9.90 Å². The Kier molecular flexibility index (Phi) is 9.23. The highest BCUT2D eigenvalue weighted by molar-refractivity contribution is 6.02. The number of nitrogens with two attached hydrogens (primary N) is 1. The number of aliphatic hydroxyl groups is 1. The molecule has 2 amide bonds. The van der Waals surface area contributed by atoms with Crippen molar-refractivity contribution in [3.63, 3.8) is 0 Å². The van der Waals surface area contributed by atoms with E-state index in [1.807, 2.05) is 92.6 Å². The number of amides is 2. The van der Waals surface area contributed by atoms with E-state index in [2.05, 4.69) is 4.90 Å². The van der Waals surface area contributed by atoms with Crippen LogP contribution in [0.15, 0.2) is 72.8 Å². The zero-order valence-electron chi connectivity index (χ0n) is 22.6. The predicted octanol–water partition coefficient (Wildman–Crippen LogP) is 4.10. The Morgan fingerprint density at radius 2 is 1.61 bits per heavy atom. The molecule has 3 N–H and O–H groups in total. The van der Waals surface area contributed by atoms with Crippen molar-refractivity contribution in [1.29, 1.82) is 0 Å². The molecule has 0 saturated carbocycles. The Morgan fingerprint density at radius 1 is 0.974 bits per heavy atom. The first-order valence-corrected chi connectivity index (χ1v) is 13.1. The molecule has 3 aromatic carbocycles. The molecule has 1 saturated heterocycles. The third-order valence-electron chi connectivity index (χ3n) is 6.76. The lowest BCUT2D eigenvalue weighted by Gasteiger charge is -2.34. The second-order valence-corrected chi connectivity index (χ2v) is 10.0. The second kappa shape index (κ2) is 12.8. The number of urea groups is 1. The van der Waals surface area contributed by atoms with Gasteiger partial charge in [0.1, 0.15) is 0 Å². The van der Waals surface area contributed by atoms with Gasteiger partial charge in [-0.05, 0) is 48.9 Å². The first-order chi connectivity index (χ1) is 18.3. The van der Waals surface area contributed by atoms with Crippen LogP contribution < -0.4 is 15.5 Å².